The van der Waals surface area contributed by atoms with Crippen LogP contribution in [0, 0.1) is 46.3 Å². The van der Waals surface area contributed by atoms with Gasteiger partial charge in [0.25, 0.3) is 0 Å². The van der Waals surface area contributed by atoms with Gasteiger partial charge in [0.1, 0.15) is 5.60 Å². The maximum absolute atomic E-state index is 12.3. The van der Waals surface area contributed by atoms with E-state index in [0.29, 0.717) is 42.6 Å². The molecule has 4 N–H and O–H groups in total. The number of rotatable bonds is 7. The van der Waals surface area contributed by atoms with E-state index in [0.717, 1.165) is 25.7 Å². The fourth-order valence-corrected chi connectivity index (χ4v) is 8.43. The Labute approximate surface area is 195 Å². The molecule has 5 heteroatoms. The third-order valence-corrected chi connectivity index (χ3v) is 10.0. The number of aliphatic hydroxyl groups excluding tert-OH is 2. The van der Waals surface area contributed by atoms with Crippen LogP contribution < -0.4 is 5.73 Å². The molecule has 3 fully saturated rings. The molecule has 3 aliphatic rings. The highest BCUT2D eigenvalue weighted by Gasteiger charge is 2.61. The lowest BCUT2D eigenvalue weighted by Crippen LogP contribution is -2.58. The van der Waals surface area contributed by atoms with Gasteiger partial charge in [-0.2, -0.15) is 0 Å². The van der Waals surface area contributed by atoms with Crippen molar-refractivity contribution in [2.75, 3.05) is 13.2 Å². The van der Waals surface area contributed by atoms with Crippen LogP contribution in [0.3, 0.4) is 0 Å². The van der Waals surface area contributed by atoms with Gasteiger partial charge in [-0.1, -0.05) is 20.8 Å². The van der Waals surface area contributed by atoms with Crippen LogP contribution in [-0.2, 0) is 9.53 Å². The first kappa shape index (κ1) is 26.0. The van der Waals surface area contributed by atoms with Crippen LogP contribution in [0.15, 0.2) is 0 Å². The van der Waals surface area contributed by atoms with Gasteiger partial charge in [0, 0.05) is 13.0 Å². The second-order valence-corrected chi connectivity index (χ2v) is 12.8. The van der Waals surface area contributed by atoms with E-state index >= 15 is 0 Å². The second kappa shape index (κ2) is 9.54. The zero-order valence-corrected chi connectivity index (χ0v) is 21.4. The van der Waals surface area contributed by atoms with Crippen LogP contribution in [-0.4, -0.2) is 41.0 Å². The number of fused-ring (bicyclic) bond motifs is 3. The summed E-state index contributed by atoms with van der Waals surface area (Å²) in [6.07, 6.45) is 7.24. The number of hydrogen-bond acceptors (Lipinski definition) is 5. The first-order valence-electron chi connectivity index (χ1n) is 13.1. The molecule has 186 valence electrons. The third-order valence-electron chi connectivity index (χ3n) is 10.0. The molecule has 0 spiro atoms. The van der Waals surface area contributed by atoms with Gasteiger partial charge in [-0.15, -0.1) is 0 Å². The van der Waals surface area contributed by atoms with Gasteiger partial charge < -0.3 is 20.7 Å². The van der Waals surface area contributed by atoms with Crippen LogP contribution >= 0.6 is 0 Å². The minimum absolute atomic E-state index is 0.00907. The molecule has 5 nitrogen and oxygen atoms in total. The van der Waals surface area contributed by atoms with E-state index in [1.165, 1.54) is 19.3 Å². The van der Waals surface area contributed by atoms with E-state index in [2.05, 4.69) is 20.8 Å². The van der Waals surface area contributed by atoms with Crippen molar-refractivity contribution in [2.45, 2.75) is 105 Å². The summed E-state index contributed by atoms with van der Waals surface area (Å²) in [5.74, 6) is 2.48. The predicted octanol–water partition coefficient (Wildman–Crippen LogP) is 4.53. The lowest BCUT2D eigenvalue weighted by Gasteiger charge is -2.60. The summed E-state index contributed by atoms with van der Waals surface area (Å²) in [5.41, 5.74) is 5.95. The molecule has 0 aromatic rings. The maximum Gasteiger partial charge on any atom is 0.306 e. The van der Waals surface area contributed by atoms with Crippen molar-refractivity contribution >= 4 is 5.97 Å². The fraction of sp³-hybridized carbons (Fsp3) is 0.963. The first-order chi connectivity index (χ1) is 14.9. The van der Waals surface area contributed by atoms with Crippen LogP contribution in [0.1, 0.15) is 92.9 Å². The average Bonchev–Trinajstić information content (AvgIpc) is 3.04. The van der Waals surface area contributed by atoms with E-state index in [-0.39, 0.29) is 35.4 Å². The van der Waals surface area contributed by atoms with Crippen molar-refractivity contribution in [2.24, 2.45) is 52.1 Å². The standard InChI is InChI=1S/C27H49NO4/c1-17(7-10-23(31)32-25(2,3)4)19-8-9-20-24-21(11-12-27(19,20)6)26(5,13-14-29)18(16-28)15-22(24)30/h17-22,24,29-30H,7-16,28H2,1-6H3/t17-,18-,19-,20+,21+,22+,24+,26+,27-/m1/s1. The highest BCUT2D eigenvalue weighted by atomic mass is 16.6. The van der Waals surface area contributed by atoms with Gasteiger partial charge in [0.2, 0.25) is 0 Å². The van der Waals surface area contributed by atoms with Crippen molar-refractivity contribution in [3.8, 4) is 0 Å². The Bertz CT molecular complexity index is 661. The molecule has 3 saturated carbocycles. The Hall–Kier alpha value is -0.650. The molecule has 0 bridgehead atoms. The SMILES string of the molecule is C[C@H](CCC(=O)OC(C)(C)C)[C@H]1CC[C@H]2[C@@H]3[C@@H](O)C[C@H](CN)[C@](C)(CCO)[C@H]3CC[C@]12C. The molecule has 0 aromatic heterocycles. The van der Waals surface area contributed by atoms with Crippen molar-refractivity contribution < 1.29 is 19.7 Å². The van der Waals surface area contributed by atoms with Crippen LogP contribution in [0.5, 0.6) is 0 Å². The van der Waals surface area contributed by atoms with Crippen LogP contribution in [0.25, 0.3) is 0 Å². The zero-order valence-electron chi connectivity index (χ0n) is 21.4. The van der Waals surface area contributed by atoms with E-state index in [4.69, 9.17) is 10.5 Å². The summed E-state index contributed by atoms with van der Waals surface area (Å²) < 4.78 is 5.53. The third kappa shape index (κ3) is 4.77. The lowest BCUT2D eigenvalue weighted by molar-refractivity contribution is -0.158. The maximum atomic E-state index is 12.3. The summed E-state index contributed by atoms with van der Waals surface area (Å²) in [4.78, 5) is 12.3. The minimum atomic E-state index is -0.428. The average molecular weight is 452 g/mol. The largest absolute Gasteiger partial charge is 0.460 e. The molecule has 0 aromatic carbocycles. The molecule has 3 rings (SSSR count). The van der Waals surface area contributed by atoms with E-state index < -0.39 is 5.60 Å². The summed E-state index contributed by atoms with van der Waals surface area (Å²) in [6.45, 7) is 13.6. The monoisotopic (exact) mass is 451 g/mol. The Morgan fingerprint density at radius 3 is 2.47 bits per heavy atom. The van der Waals surface area contributed by atoms with Gasteiger partial charge in [-0.05, 0) is 119 Å². The summed E-state index contributed by atoms with van der Waals surface area (Å²) in [6, 6.07) is 0. The smallest absolute Gasteiger partial charge is 0.306 e. The van der Waals surface area contributed by atoms with Gasteiger partial charge in [-0.3, -0.25) is 4.79 Å². The number of hydrogen-bond donors (Lipinski definition) is 3. The van der Waals surface area contributed by atoms with Gasteiger partial charge in [-0.25, -0.2) is 0 Å². The lowest BCUT2D eigenvalue weighted by atomic mass is 9.45. The van der Waals surface area contributed by atoms with Crippen LogP contribution in [0.2, 0.25) is 0 Å². The normalized spacial score (nSPS) is 42.8. The molecule has 0 unspecified atom stereocenters. The number of nitrogens with two attached hydrogens (primary N) is 1. The van der Waals surface area contributed by atoms with Crippen molar-refractivity contribution in [3.05, 3.63) is 0 Å². The number of carbonyl (C=O) groups is 1. The predicted molar refractivity (Wildman–Crippen MR) is 128 cm³/mol. The molecule has 3 aliphatic carbocycles. The number of carbonyl (C=O) groups excluding carboxylic acids is 1. The summed E-state index contributed by atoms with van der Waals surface area (Å²) in [7, 11) is 0. The molecule has 0 saturated heterocycles. The Kier molecular flexibility index (Phi) is 7.74. The fourth-order valence-electron chi connectivity index (χ4n) is 8.43. The Morgan fingerprint density at radius 1 is 1.19 bits per heavy atom. The van der Waals surface area contributed by atoms with Crippen molar-refractivity contribution in [1.29, 1.82) is 0 Å². The zero-order chi connectivity index (χ0) is 23.9. The second-order valence-electron chi connectivity index (χ2n) is 12.8. The number of ether oxygens (including phenoxy) is 1. The quantitative estimate of drug-likeness (QED) is 0.495. The number of esters is 1. The summed E-state index contributed by atoms with van der Waals surface area (Å²) >= 11 is 0. The Balaban J connectivity index is 1.74. The van der Waals surface area contributed by atoms with Gasteiger partial charge in [0.05, 0.1) is 6.10 Å². The minimum Gasteiger partial charge on any atom is -0.460 e. The molecule has 32 heavy (non-hydrogen) atoms. The Morgan fingerprint density at radius 2 is 1.88 bits per heavy atom. The summed E-state index contributed by atoms with van der Waals surface area (Å²) in [5, 5.41) is 21.1. The topological polar surface area (TPSA) is 92.8 Å². The van der Waals surface area contributed by atoms with Gasteiger partial charge >= 0.3 is 5.97 Å². The van der Waals surface area contributed by atoms with E-state index in [9.17, 15) is 15.0 Å². The molecule has 9 atom stereocenters. The van der Waals surface area contributed by atoms with Crippen molar-refractivity contribution in [1.82, 2.24) is 0 Å². The highest BCUT2D eigenvalue weighted by Crippen LogP contribution is 2.67. The first-order valence-corrected chi connectivity index (χ1v) is 13.1. The highest BCUT2D eigenvalue weighted by molar-refractivity contribution is 5.69. The van der Waals surface area contributed by atoms with E-state index in [1.807, 2.05) is 20.8 Å². The van der Waals surface area contributed by atoms with Crippen molar-refractivity contribution in [3.63, 3.8) is 0 Å². The molecular formula is C27H49NO4. The number of aliphatic hydroxyl groups is 2. The molecule has 0 aliphatic heterocycles. The molecule has 0 heterocycles. The molecule has 0 radical (unpaired) electrons. The molecular weight excluding hydrogens is 402 g/mol. The van der Waals surface area contributed by atoms with E-state index in [1.54, 1.807) is 0 Å². The van der Waals surface area contributed by atoms with Gasteiger partial charge in [0.15, 0.2) is 0 Å². The molecule has 0 amide bonds. The van der Waals surface area contributed by atoms with Crippen LogP contribution in [0.4, 0.5) is 0 Å².